The van der Waals surface area contributed by atoms with Gasteiger partial charge in [-0.3, -0.25) is 9.36 Å². The van der Waals surface area contributed by atoms with Crippen LogP contribution in [0.2, 0.25) is 0 Å². The highest BCUT2D eigenvalue weighted by molar-refractivity contribution is 7.99. The minimum atomic E-state index is -0.225. The van der Waals surface area contributed by atoms with E-state index in [4.69, 9.17) is 9.72 Å². The normalized spacial score (nSPS) is 19.0. The van der Waals surface area contributed by atoms with Crippen LogP contribution < -0.4 is 5.56 Å². The van der Waals surface area contributed by atoms with Gasteiger partial charge < -0.3 is 4.74 Å². The smallest absolute Gasteiger partial charge is 0.267 e. The zero-order valence-electron chi connectivity index (χ0n) is 16.4. The zero-order valence-corrected chi connectivity index (χ0v) is 18.1. The second kappa shape index (κ2) is 7.50. The van der Waals surface area contributed by atoms with Crippen molar-refractivity contribution in [3.8, 4) is 5.69 Å². The Balaban J connectivity index is 2.00. The highest BCUT2D eigenvalue weighted by atomic mass is 32.2. The third kappa shape index (κ3) is 3.23. The van der Waals surface area contributed by atoms with Crippen LogP contribution in [0.1, 0.15) is 36.3 Å². The molecule has 6 heteroatoms. The third-order valence-corrected chi connectivity index (χ3v) is 7.45. The maximum absolute atomic E-state index is 13.7. The fourth-order valence-electron chi connectivity index (χ4n) is 3.59. The van der Waals surface area contributed by atoms with Crippen molar-refractivity contribution in [1.82, 2.24) is 9.55 Å². The summed E-state index contributed by atoms with van der Waals surface area (Å²) in [7, 11) is 0. The minimum Gasteiger partial charge on any atom is -0.369 e. The number of benzene rings is 1. The number of hydrogen-bond acceptors (Lipinski definition) is 5. The Bertz CT molecular complexity index is 1120. The van der Waals surface area contributed by atoms with Gasteiger partial charge in [-0.25, -0.2) is 4.98 Å². The molecule has 0 saturated carbocycles. The second-order valence-electron chi connectivity index (χ2n) is 7.37. The highest BCUT2D eigenvalue weighted by Gasteiger charge is 2.33. The molecule has 1 aliphatic heterocycles. The van der Waals surface area contributed by atoms with Gasteiger partial charge in [-0.1, -0.05) is 43.0 Å². The van der Waals surface area contributed by atoms with Gasteiger partial charge in [0.15, 0.2) is 5.16 Å². The Hall–Kier alpha value is -1.89. The van der Waals surface area contributed by atoms with Gasteiger partial charge in [0.05, 0.1) is 23.3 Å². The molecule has 1 aliphatic rings. The predicted molar refractivity (Wildman–Crippen MR) is 118 cm³/mol. The molecule has 0 N–H and O–H groups in total. The van der Waals surface area contributed by atoms with Crippen molar-refractivity contribution in [2.75, 3.05) is 5.75 Å². The number of rotatable bonds is 5. The molecule has 0 unspecified atom stereocenters. The molecule has 0 amide bonds. The molecular formula is C22H24N2O2S2. The number of nitrogens with zero attached hydrogens (tertiary/aromatic N) is 2. The van der Waals surface area contributed by atoms with Crippen molar-refractivity contribution in [2.45, 2.75) is 51.0 Å². The fourth-order valence-corrected chi connectivity index (χ4v) is 5.47. The van der Waals surface area contributed by atoms with E-state index in [9.17, 15) is 4.79 Å². The van der Waals surface area contributed by atoms with E-state index < -0.39 is 0 Å². The van der Waals surface area contributed by atoms with Crippen molar-refractivity contribution in [1.29, 1.82) is 0 Å². The molecular weight excluding hydrogens is 388 g/mol. The number of thiophene rings is 1. The molecule has 1 aromatic carbocycles. The van der Waals surface area contributed by atoms with Crippen molar-refractivity contribution in [2.24, 2.45) is 0 Å². The second-order valence-corrected chi connectivity index (χ2v) is 9.44. The Morgan fingerprint density at radius 3 is 2.93 bits per heavy atom. The minimum absolute atomic E-state index is 0.0173. The van der Waals surface area contributed by atoms with E-state index in [1.807, 2.05) is 37.3 Å². The lowest BCUT2D eigenvalue weighted by atomic mass is 9.90. The maximum atomic E-state index is 13.7. The molecule has 0 saturated heterocycles. The topological polar surface area (TPSA) is 44.1 Å². The summed E-state index contributed by atoms with van der Waals surface area (Å²) in [5, 5.41) is 1.47. The van der Waals surface area contributed by atoms with Crippen molar-refractivity contribution in [3.63, 3.8) is 0 Å². The largest absolute Gasteiger partial charge is 0.369 e. The summed E-state index contributed by atoms with van der Waals surface area (Å²) in [6, 6.07) is 7.97. The van der Waals surface area contributed by atoms with Gasteiger partial charge in [0, 0.05) is 17.1 Å². The molecule has 0 spiro atoms. The summed E-state index contributed by atoms with van der Waals surface area (Å²) in [5.74, 6) is 0.700. The lowest BCUT2D eigenvalue weighted by Gasteiger charge is -2.32. The first-order chi connectivity index (χ1) is 13.5. The van der Waals surface area contributed by atoms with Gasteiger partial charge in [-0.2, -0.15) is 0 Å². The van der Waals surface area contributed by atoms with Crippen LogP contribution >= 0.6 is 23.1 Å². The Kier molecular flexibility index (Phi) is 5.21. The lowest BCUT2D eigenvalue weighted by Crippen LogP contribution is -2.34. The quantitative estimate of drug-likeness (QED) is 0.325. The predicted octanol–water partition coefficient (Wildman–Crippen LogP) is 5.28. The molecule has 3 aromatic rings. The van der Waals surface area contributed by atoms with Crippen LogP contribution in [-0.2, 0) is 17.8 Å². The Morgan fingerprint density at radius 1 is 1.43 bits per heavy atom. The zero-order chi connectivity index (χ0) is 19.9. The number of hydrogen-bond donors (Lipinski definition) is 0. The van der Waals surface area contributed by atoms with Crippen LogP contribution in [0.5, 0.6) is 0 Å². The molecule has 0 aliphatic carbocycles. The molecule has 146 valence electrons. The van der Waals surface area contributed by atoms with Gasteiger partial charge in [0.2, 0.25) is 0 Å². The first kappa shape index (κ1) is 19.4. The van der Waals surface area contributed by atoms with Crippen molar-refractivity contribution >= 4 is 33.3 Å². The first-order valence-electron chi connectivity index (χ1n) is 9.48. The third-order valence-electron chi connectivity index (χ3n) is 5.41. The van der Waals surface area contributed by atoms with Crippen LogP contribution in [0.4, 0.5) is 0 Å². The molecule has 0 bridgehead atoms. The highest BCUT2D eigenvalue weighted by Crippen LogP contribution is 2.39. The molecule has 1 atom stereocenters. The monoisotopic (exact) mass is 412 g/mol. The van der Waals surface area contributed by atoms with Gasteiger partial charge in [0.25, 0.3) is 5.56 Å². The van der Waals surface area contributed by atoms with E-state index >= 15 is 0 Å². The van der Waals surface area contributed by atoms with Gasteiger partial charge in [0.1, 0.15) is 4.83 Å². The summed E-state index contributed by atoms with van der Waals surface area (Å²) < 4.78 is 7.87. The number of para-hydroxylation sites is 1. The van der Waals surface area contributed by atoms with Crippen LogP contribution in [0.15, 0.2) is 46.9 Å². The lowest BCUT2D eigenvalue weighted by molar-refractivity contribution is -0.0543. The molecule has 3 heterocycles. The van der Waals surface area contributed by atoms with Gasteiger partial charge in [-0.15, -0.1) is 17.9 Å². The SMILES string of the molecule is C=CCSc1nc2sc3c(c2c(=O)n1-c1ccccc1C)C[C@](C)(CC)OC3. The van der Waals surface area contributed by atoms with Crippen molar-refractivity contribution < 1.29 is 4.74 Å². The van der Waals surface area contributed by atoms with Crippen LogP contribution in [0, 0.1) is 6.92 Å². The Morgan fingerprint density at radius 2 is 2.21 bits per heavy atom. The van der Waals surface area contributed by atoms with Gasteiger partial charge in [-0.05, 0) is 37.5 Å². The molecule has 2 aromatic heterocycles. The van der Waals surface area contributed by atoms with E-state index in [2.05, 4.69) is 20.4 Å². The average Bonchev–Trinajstić information content (AvgIpc) is 3.05. The van der Waals surface area contributed by atoms with Crippen molar-refractivity contribution in [3.05, 3.63) is 63.3 Å². The van der Waals surface area contributed by atoms with E-state index in [-0.39, 0.29) is 11.2 Å². The standard InChI is InChI=1S/C22H24N2O2S2/c1-5-11-27-21-23-19-18(15-12-22(4,6-2)26-13-17(15)28-19)20(25)24(21)16-10-8-7-9-14(16)3/h5,7-10H,1,6,11-13H2,2-4H3/t22-/m0/s1. The summed E-state index contributed by atoms with van der Waals surface area (Å²) in [6.45, 7) is 10.6. The molecule has 28 heavy (non-hydrogen) atoms. The molecule has 0 radical (unpaired) electrons. The van der Waals surface area contributed by atoms with Crippen LogP contribution in [0.3, 0.4) is 0 Å². The van der Waals surface area contributed by atoms with E-state index in [1.165, 1.54) is 11.8 Å². The summed E-state index contributed by atoms with van der Waals surface area (Å²) in [6.07, 6.45) is 3.50. The van der Waals surface area contributed by atoms with Crippen LogP contribution in [0.25, 0.3) is 15.9 Å². The summed E-state index contributed by atoms with van der Waals surface area (Å²) in [5.41, 5.74) is 2.85. The maximum Gasteiger partial charge on any atom is 0.267 e. The molecule has 4 rings (SSSR count). The van der Waals surface area contributed by atoms with E-state index in [0.717, 1.165) is 44.7 Å². The number of fused-ring (bicyclic) bond motifs is 3. The average molecular weight is 413 g/mol. The first-order valence-corrected chi connectivity index (χ1v) is 11.3. The summed E-state index contributed by atoms with van der Waals surface area (Å²) >= 11 is 3.13. The Labute approximate surface area is 173 Å². The number of ether oxygens (including phenoxy) is 1. The van der Waals surface area contributed by atoms with E-state index in [0.29, 0.717) is 17.5 Å². The van der Waals surface area contributed by atoms with Crippen LogP contribution in [-0.4, -0.2) is 20.9 Å². The van der Waals surface area contributed by atoms with E-state index in [1.54, 1.807) is 15.9 Å². The molecule has 4 nitrogen and oxygen atoms in total. The number of aromatic nitrogens is 2. The number of aryl methyl sites for hydroxylation is 1. The fraction of sp³-hybridized carbons (Fsp3) is 0.364. The number of thioether (sulfide) groups is 1. The molecule has 0 fully saturated rings. The van der Waals surface area contributed by atoms with Gasteiger partial charge >= 0.3 is 0 Å². The summed E-state index contributed by atoms with van der Waals surface area (Å²) in [4.78, 5) is 20.6.